The zero-order valence-electron chi connectivity index (χ0n) is 13.0. The fourth-order valence-electron chi connectivity index (χ4n) is 1.83. The number of sulfonamides is 1. The van der Waals surface area contributed by atoms with Crippen LogP contribution in [0.4, 0.5) is 5.69 Å². The van der Waals surface area contributed by atoms with Gasteiger partial charge in [-0.15, -0.1) is 0 Å². The first-order valence-corrected chi connectivity index (χ1v) is 9.18. The topological polar surface area (TPSA) is 75.4 Å². The minimum atomic E-state index is -3.52. The van der Waals surface area contributed by atoms with Crippen molar-refractivity contribution >= 4 is 31.6 Å². The maximum atomic E-state index is 12.3. The molecule has 0 aliphatic carbocycles. The lowest BCUT2D eigenvalue weighted by Gasteiger charge is -2.20. The van der Waals surface area contributed by atoms with E-state index in [1.54, 1.807) is 13.0 Å². The molecule has 120 valence electrons. The summed E-state index contributed by atoms with van der Waals surface area (Å²) in [5, 5.41) is 0. The first-order valence-electron chi connectivity index (χ1n) is 6.90. The summed E-state index contributed by atoms with van der Waals surface area (Å²) >= 11 is 3.29. The number of nitrogen functional groups attached to an aromatic ring is 1. The van der Waals surface area contributed by atoms with E-state index in [2.05, 4.69) is 39.4 Å². The lowest BCUT2D eigenvalue weighted by molar-refractivity contribution is 0.271. The van der Waals surface area contributed by atoms with E-state index in [1.807, 2.05) is 7.05 Å². The van der Waals surface area contributed by atoms with Gasteiger partial charge in [-0.1, -0.05) is 0 Å². The lowest BCUT2D eigenvalue weighted by atomic mass is 10.2. The Balaban J connectivity index is 2.68. The molecular weight excluding hydrogens is 354 g/mol. The Labute approximate surface area is 136 Å². The SMILES string of the molecule is Cc1cc(Br)c(N)cc1S(=O)(=O)NCCCN(C)C(C)C. The molecule has 0 saturated heterocycles. The van der Waals surface area contributed by atoms with Crippen LogP contribution in [-0.2, 0) is 10.0 Å². The lowest BCUT2D eigenvalue weighted by Crippen LogP contribution is -2.31. The van der Waals surface area contributed by atoms with E-state index in [0.717, 1.165) is 13.0 Å². The standard InChI is InChI=1S/C14H24BrN3O2S/c1-10(2)18(4)7-5-6-17-21(19,20)14-9-13(16)12(15)8-11(14)3/h8-10,17H,5-7,16H2,1-4H3. The van der Waals surface area contributed by atoms with Crippen LogP contribution in [-0.4, -0.2) is 39.5 Å². The number of nitrogens with zero attached hydrogens (tertiary/aromatic N) is 1. The average molecular weight is 378 g/mol. The molecular formula is C14H24BrN3O2S. The van der Waals surface area contributed by atoms with E-state index in [4.69, 9.17) is 5.73 Å². The Morgan fingerprint density at radius 1 is 1.38 bits per heavy atom. The van der Waals surface area contributed by atoms with Gasteiger partial charge in [-0.25, -0.2) is 13.1 Å². The van der Waals surface area contributed by atoms with Crippen LogP contribution in [0.2, 0.25) is 0 Å². The zero-order valence-corrected chi connectivity index (χ0v) is 15.4. The molecule has 0 spiro atoms. The molecule has 5 nitrogen and oxygen atoms in total. The van der Waals surface area contributed by atoms with Crippen molar-refractivity contribution in [2.45, 2.75) is 38.1 Å². The maximum Gasteiger partial charge on any atom is 0.240 e. The molecule has 0 bridgehead atoms. The number of rotatable bonds is 7. The Hall–Kier alpha value is -0.630. The van der Waals surface area contributed by atoms with E-state index in [-0.39, 0.29) is 4.90 Å². The second-order valence-electron chi connectivity index (χ2n) is 5.46. The van der Waals surface area contributed by atoms with Crippen LogP contribution in [0.3, 0.4) is 0 Å². The van der Waals surface area contributed by atoms with E-state index < -0.39 is 10.0 Å². The Morgan fingerprint density at radius 3 is 2.57 bits per heavy atom. The van der Waals surface area contributed by atoms with Gasteiger partial charge in [-0.05, 0) is 74.4 Å². The molecule has 0 amide bonds. The molecule has 7 heteroatoms. The Morgan fingerprint density at radius 2 is 2.00 bits per heavy atom. The molecule has 0 aliphatic heterocycles. The van der Waals surface area contributed by atoms with E-state index in [1.165, 1.54) is 6.07 Å². The highest BCUT2D eigenvalue weighted by atomic mass is 79.9. The molecule has 1 rings (SSSR count). The monoisotopic (exact) mass is 377 g/mol. The summed E-state index contributed by atoms with van der Waals surface area (Å²) in [5.41, 5.74) is 6.85. The second kappa shape index (κ2) is 7.58. The molecule has 0 aromatic heterocycles. The van der Waals surface area contributed by atoms with Crippen LogP contribution in [0.1, 0.15) is 25.8 Å². The minimum absolute atomic E-state index is 0.236. The fraction of sp³-hybridized carbons (Fsp3) is 0.571. The van der Waals surface area contributed by atoms with Gasteiger partial charge in [-0.2, -0.15) is 0 Å². The molecule has 0 radical (unpaired) electrons. The van der Waals surface area contributed by atoms with Gasteiger partial charge >= 0.3 is 0 Å². The third-order valence-electron chi connectivity index (χ3n) is 3.45. The van der Waals surface area contributed by atoms with Gasteiger partial charge in [0.15, 0.2) is 0 Å². The molecule has 21 heavy (non-hydrogen) atoms. The van der Waals surface area contributed by atoms with Gasteiger partial charge in [0, 0.05) is 22.7 Å². The van der Waals surface area contributed by atoms with Gasteiger partial charge in [0.05, 0.1) is 4.90 Å². The van der Waals surface area contributed by atoms with Crippen molar-refractivity contribution in [3.63, 3.8) is 0 Å². The van der Waals surface area contributed by atoms with Crippen molar-refractivity contribution in [3.05, 3.63) is 22.2 Å². The fourth-order valence-corrected chi connectivity index (χ4v) is 3.62. The van der Waals surface area contributed by atoms with Gasteiger partial charge in [0.1, 0.15) is 0 Å². The largest absolute Gasteiger partial charge is 0.398 e. The van der Waals surface area contributed by atoms with Crippen molar-refractivity contribution < 1.29 is 8.42 Å². The van der Waals surface area contributed by atoms with E-state index in [9.17, 15) is 8.42 Å². The van der Waals surface area contributed by atoms with Gasteiger partial charge in [0.25, 0.3) is 0 Å². The zero-order chi connectivity index (χ0) is 16.2. The first kappa shape index (κ1) is 18.4. The predicted molar refractivity (Wildman–Crippen MR) is 90.9 cm³/mol. The number of halogens is 1. The van der Waals surface area contributed by atoms with Crippen LogP contribution in [0.5, 0.6) is 0 Å². The molecule has 0 heterocycles. The van der Waals surface area contributed by atoms with Gasteiger partial charge in [0.2, 0.25) is 10.0 Å². The predicted octanol–water partition coefficient (Wildman–Crippen LogP) is 2.35. The maximum absolute atomic E-state index is 12.3. The summed E-state index contributed by atoms with van der Waals surface area (Å²) in [6.45, 7) is 7.23. The van der Waals surface area contributed by atoms with Crippen LogP contribution in [0.15, 0.2) is 21.5 Å². The number of anilines is 1. The van der Waals surface area contributed by atoms with Crippen molar-refractivity contribution in [2.24, 2.45) is 0 Å². The van der Waals surface area contributed by atoms with Crippen molar-refractivity contribution in [1.29, 1.82) is 0 Å². The third-order valence-corrected chi connectivity index (χ3v) is 5.73. The number of nitrogens with one attached hydrogen (secondary N) is 1. The molecule has 0 atom stereocenters. The molecule has 3 N–H and O–H groups in total. The van der Waals surface area contributed by atoms with E-state index >= 15 is 0 Å². The van der Waals surface area contributed by atoms with Gasteiger partial charge in [-0.3, -0.25) is 0 Å². The highest BCUT2D eigenvalue weighted by molar-refractivity contribution is 9.10. The third kappa shape index (κ3) is 5.25. The molecule has 0 saturated carbocycles. The normalized spacial score (nSPS) is 12.3. The van der Waals surface area contributed by atoms with E-state index in [0.29, 0.717) is 28.3 Å². The Bertz CT molecular complexity index is 588. The Kier molecular flexibility index (Phi) is 6.65. The van der Waals surface area contributed by atoms with Crippen LogP contribution in [0.25, 0.3) is 0 Å². The van der Waals surface area contributed by atoms with Gasteiger partial charge < -0.3 is 10.6 Å². The number of benzene rings is 1. The van der Waals surface area contributed by atoms with Crippen molar-refractivity contribution in [2.75, 3.05) is 25.9 Å². The number of nitrogens with two attached hydrogens (primary N) is 1. The summed E-state index contributed by atoms with van der Waals surface area (Å²) in [6.07, 6.45) is 0.763. The highest BCUT2D eigenvalue weighted by Crippen LogP contribution is 2.26. The summed E-state index contributed by atoms with van der Waals surface area (Å²) in [6, 6.07) is 3.66. The molecule has 0 fully saturated rings. The average Bonchev–Trinajstić information content (AvgIpc) is 2.38. The summed E-state index contributed by atoms with van der Waals surface area (Å²) in [4.78, 5) is 2.41. The number of hydrogen-bond acceptors (Lipinski definition) is 4. The summed E-state index contributed by atoms with van der Waals surface area (Å²) < 4.78 is 27.9. The van der Waals surface area contributed by atoms with Crippen LogP contribution >= 0.6 is 15.9 Å². The highest BCUT2D eigenvalue weighted by Gasteiger charge is 2.18. The molecule has 0 unspecified atom stereocenters. The van der Waals surface area contributed by atoms with Crippen molar-refractivity contribution in [1.82, 2.24) is 9.62 Å². The smallest absolute Gasteiger partial charge is 0.240 e. The minimum Gasteiger partial charge on any atom is -0.398 e. The quantitative estimate of drug-likeness (QED) is 0.564. The molecule has 1 aromatic rings. The number of hydrogen-bond donors (Lipinski definition) is 2. The molecule has 0 aliphatic rings. The summed E-state index contributed by atoms with van der Waals surface area (Å²) in [5.74, 6) is 0. The van der Waals surface area contributed by atoms with Crippen molar-refractivity contribution in [3.8, 4) is 0 Å². The van der Waals surface area contributed by atoms with Crippen LogP contribution < -0.4 is 10.5 Å². The first-order chi connectivity index (χ1) is 9.65. The van der Waals surface area contributed by atoms with Crippen LogP contribution in [0, 0.1) is 6.92 Å². The second-order valence-corrected chi connectivity index (χ2v) is 8.05. The molecule has 1 aromatic carbocycles. The summed E-state index contributed by atoms with van der Waals surface area (Å²) in [7, 11) is -1.49. The number of aryl methyl sites for hydroxylation is 1.